The molecule has 0 bridgehead atoms. The molecule has 2 rings (SSSR count). The van der Waals surface area contributed by atoms with E-state index in [1.165, 1.54) is 4.90 Å². The maximum atomic E-state index is 12.6. The van der Waals surface area contributed by atoms with Crippen molar-refractivity contribution in [3.8, 4) is 0 Å². The topological polar surface area (TPSA) is 77.7 Å². The second-order valence-corrected chi connectivity index (χ2v) is 6.95. The first-order valence-electron chi connectivity index (χ1n) is 6.94. The number of hydrogen-bond acceptors (Lipinski definition) is 6. The first-order valence-corrected chi connectivity index (χ1v) is 6.94. The van der Waals surface area contributed by atoms with Crippen LogP contribution in [0.1, 0.15) is 53.3 Å². The first-order chi connectivity index (χ1) is 9.46. The van der Waals surface area contributed by atoms with Gasteiger partial charge in [0, 0.05) is 6.92 Å². The van der Waals surface area contributed by atoms with Gasteiger partial charge in [-0.2, -0.15) is 0 Å². The quantitative estimate of drug-likeness (QED) is 0.793. The summed E-state index contributed by atoms with van der Waals surface area (Å²) < 4.78 is 16.8. The Morgan fingerprint density at radius 1 is 1.29 bits per heavy atom. The van der Waals surface area contributed by atoms with Gasteiger partial charge in [-0.05, 0) is 41.5 Å². The minimum atomic E-state index is -0.854. The molecule has 2 heterocycles. The smallest absolute Gasteiger partial charge is 0.413 e. The van der Waals surface area contributed by atoms with E-state index in [2.05, 4.69) is 10.2 Å². The lowest BCUT2D eigenvalue weighted by Crippen LogP contribution is -2.54. The highest BCUT2D eigenvalue weighted by Gasteiger charge is 2.56. The summed E-state index contributed by atoms with van der Waals surface area (Å²) in [6.07, 6.45) is -0.469. The Bertz CT molecular complexity index is 547. The lowest BCUT2D eigenvalue weighted by molar-refractivity contribution is -0.0702. The highest BCUT2D eigenvalue weighted by atomic mass is 16.6. The van der Waals surface area contributed by atoms with Crippen LogP contribution in [0.15, 0.2) is 4.42 Å². The molecule has 1 aliphatic heterocycles. The monoisotopic (exact) mass is 297 g/mol. The molecule has 1 fully saturated rings. The summed E-state index contributed by atoms with van der Waals surface area (Å²) in [4.78, 5) is 14.1. The molecule has 0 N–H and O–H groups in total. The average Bonchev–Trinajstić information content (AvgIpc) is 2.80. The first kappa shape index (κ1) is 15.8. The summed E-state index contributed by atoms with van der Waals surface area (Å²) >= 11 is 0. The lowest BCUT2D eigenvalue weighted by atomic mass is 10.0. The van der Waals surface area contributed by atoms with Gasteiger partial charge in [-0.1, -0.05) is 0 Å². The molecule has 1 saturated heterocycles. The molecule has 7 nitrogen and oxygen atoms in total. The molecule has 1 aromatic rings. The van der Waals surface area contributed by atoms with Crippen LogP contribution >= 0.6 is 0 Å². The number of carbonyl (C=O) groups is 1. The fourth-order valence-electron chi connectivity index (χ4n) is 2.44. The fourth-order valence-corrected chi connectivity index (χ4v) is 2.44. The predicted octanol–water partition coefficient (Wildman–Crippen LogP) is 2.60. The Morgan fingerprint density at radius 3 is 2.38 bits per heavy atom. The molecule has 0 aliphatic carbocycles. The van der Waals surface area contributed by atoms with Crippen molar-refractivity contribution < 1.29 is 18.7 Å². The lowest BCUT2D eigenvalue weighted by Gasteiger charge is -2.38. The van der Waals surface area contributed by atoms with Crippen LogP contribution in [0.25, 0.3) is 0 Å². The van der Waals surface area contributed by atoms with Gasteiger partial charge >= 0.3 is 6.09 Å². The number of nitrogens with zero attached hydrogens (tertiary/aromatic N) is 3. The number of aryl methyl sites for hydroxylation is 1. The van der Waals surface area contributed by atoms with Crippen LogP contribution in [0.2, 0.25) is 0 Å². The van der Waals surface area contributed by atoms with E-state index in [1.807, 2.05) is 41.5 Å². The van der Waals surface area contributed by atoms with Crippen LogP contribution in [-0.4, -0.2) is 39.1 Å². The van der Waals surface area contributed by atoms with E-state index in [-0.39, 0.29) is 6.61 Å². The molecule has 118 valence electrons. The minimum Gasteiger partial charge on any atom is -0.444 e. The van der Waals surface area contributed by atoms with Gasteiger partial charge in [-0.3, -0.25) is 4.90 Å². The summed E-state index contributed by atoms with van der Waals surface area (Å²) in [6, 6.07) is 0. The SMILES string of the molecule is Cc1nnc([C@]2(C)COC(C)(C)N2C(=O)OC(C)(C)C)o1. The number of ether oxygens (including phenoxy) is 2. The van der Waals surface area contributed by atoms with Crippen LogP contribution < -0.4 is 0 Å². The van der Waals surface area contributed by atoms with E-state index >= 15 is 0 Å². The average molecular weight is 297 g/mol. The summed E-state index contributed by atoms with van der Waals surface area (Å²) in [5.74, 6) is 0.788. The van der Waals surface area contributed by atoms with Crippen molar-refractivity contribution in [3.05, 3.63) is 11.8 Å². The maximum absolute atomic E-state index is 12.6. The molecule has 1 aliphatic rings. The fraction of sp³-hybridized carbons (Fsp3) is 0.786. The van der Waals surface area contributed by atoms with Gasteiger partial charge < -0.3 is 13.9 Å². The van der Waals surface area contributed by atoms with Gasteiger partial charge in [0.25, 0.3) is 0 Å². The summed E-state index contributed by atoms with van der Waals surface area (Å²) in [7, 11) is 0. The summed E-state index contributed by atoms with van der Waals surface area (Å²) in [6.45, 7) is 12.9. The number of hydrogen-bond donors (Lipinski definition) is 0. The van der Waals surface area contributed by atoms with E-state index in [1.54, 1.807) is 6.92 Å². The summed E-state index contributed by atoms with van der Waals surface area (Å²) in [5, 5.41) is 7.89. The zero-order valence-electron chi connectivity index (χ0n) is 13.7. The zero-order valence-corrected chi connectivity index (χ0v) is 13.7. The molecule has 7 heteroatoms. The van der Waals surface area contributed by atoms with Crippen LogP contribution in [0, 0.1) is 6.92 Å². The Labute approximate surface area is 124 Å². The summed E-state index contributed by atoms with van der Waals surface area (Å²) in [5.41, 5.74) is -2.27. The number of rotatable bonds is 1. The molecular formula is C14H23N3O4. The van der Waals surface area contributed by atoms with Crippen LogP contribution in [0.3, 0.4) is 0 Å². The molecule has 0 spiro atoms. The standard InChI is InChI=1S/C14H23N3O4/c1-9-15-16-10(20-9)14(7)8-19-13(5,6)17(14)11(18)21-12(2,3)4/h8H2,1-7H3/t14-/m0/s1. The Hall–Kier alpha value is -1.63. The van der Waals surface area contributed by atoms with E-state index in [4.69, 9.17) is 13.9 Å². The molecule has 0 unspecified atom stereocenters. The van der Waals surface area contributed by atoms with Gasteiger partial charge in [0.2, 0.25) is 11.8 Å². The molecule has 1 aromatic heterocycles. The highest BCUT2D eigenvalue weighted by molar-refractivity contribution is 5.70. The largest absolute Gasteiger partial charge is 0.444 e. The van der Waals surface area contributed by atoms with E-state index in [9.17, 15) is 4.79 Å². The number of carbonyl (C=O) groups excluding carboxylic acids is 1. The second-order valence-electron chi connectivity index (χ2n) is 6.95. The molecule has 21 heavy (non-hydrogen) atoms. The zero-order chi connectivity index (χ0) is 16.1. The Balaban J connectivity index is 2.39. The molecular weight excluding hydrogens is 274 g/mol. The Morgan fingerprint density at radius 2 is 1.90 bits per heavy atom. The number of amides is 1. The van der Waals surface area contributed by atoms with Crippen molar-refractivity contribution in [1.29, 1.82) is 0 Å². The third kappa shape index (κ3) is 2.88. The molecule has 1 atom stereocenters. The third-order valence-corrected chi connectivity index (χ3v) is 3.30. The maximum Gasteiger partial charge on any atom is 0.413 e. The van der Waals surface area contributed by atoms with E-state index in [0.29, 0.717) is 11.8 Å². The van der Waals surface area contributed by atoms with E-state index < -0.39 is 23.0 Å². The van der Waals surface area contributed by atoms with Crippen LogP contribution in [0.4, 0.5) is 4.79 Å². The third-order valence-electron chi connectivity index (χ3n) is 3.30. The Kier molecular flexibility index (Phi) is 3.52. The number of aromatic nitrogens is 2. The van der Waals surface area contributed by atoms with Gasteiger partial charge in [-0.25, -0.2) is 4.79 Å². The van der Waals surface area contributed by atoms with Gasteiger partial charge in [0.1, 0.15) is 16.9 Å². The second kappa shape index (κ2) is 4.69. The van der Waals surface area contributed by atoms with Crippen LogP contribution in [-0.2, 0) is 15.0 Å². The van der Waals surface area contributed by atoms with Crippen molar-refractivity contribution >= 4 is 6.09 Å². The predicted molar refractivity (Wildman–Crippen MR) is 74.5 cm³/mol. The van der Waals surface area contributed by atoms with Crippen molar-refractivity contribution in [2.45, 2.75) is 65.3 Å². The van der Waals surface area contributed by atoms with Gasteiger partial charge in [0.15, 0.2) is 0 Å². The van der Waals surface area contributed by atoms with Crippen molar-refractivity contribution in [1.82, 2.24) is 15.1 Å². The molecule has 1 amide bonds. The molecule has 0 saturated carbocycles. The van der Waals surface area contributed by atoms with Crippen molar-refractivity contribution in [2.24, 2.45) is 0 Å². The van der Waals surface area contributed by atoms with Crippen molar-refractivity contribution in [3.63, 3.8) is 0 Å². The highest BCUT2D eigenvalue weighted by Crippen LogP contribution is 2.42. The van der Waals surface area contributed by atoms with Gasteiger partial charge in [-0.15, -0.1) is 10.2 Å². The molecule has 0 radical (unpaired) electrons. The van der Waals surface area contributed by atoms with E-state index in [0.717, 1.165) is 0 Å². The minimum absolute atomic E-state index is 0.265. The van der Waals surface area contributed by atoms with Crippen LogP contribution in [0.5, 0.6) is 0 Å². The van der Waals surface area contributed by atoms with Crippen molar-refractivity contribution in [2.75, 3.05) is 6.61 Å². The normalized spacial score (nSPS) is 25.2. The van der Waals surface area contributed by atoms with Gasteiger partial charge in [0.05, 0.1) is 6.61 Å². The molecule has 0 aromatic carbocycles.